The van der Waals surface area contributed by atoms with Gasteiger partial charge in [0.2, 0.25) is 5.95 Å². The Morgan fingerprint density at radius 3 is 2.78 bits per heavy atom. The van der Waals surface area contributed by atoms with Crippen LogP contribution >= 0.6 is 0 Å². The molecule has 1 aromatic carbocycles. The molecule has 7 heteroatoms. The minimum absolute atomic E-state index is 0.161. The van der Waals surface area contributed by atoms with Gasteiger partial charge in [-0.05, 0) is 67.6 Å². The number of nitrogens with one attached hydrogen (secondary N) is 2. The highest BCUT2D eigenvalue weighted by atomic mass is 16.5. The number of ketones is 1. The molecule has 1 aliphatic rings. The quantitative estimate of drug-likeness (QED) is 0.396. The summed E-state index contributed by atoms with van der Waals surface area (Å²) in [5.41, 5.74) is 4.01. The number of aromatic nitrogens is 4. The summed E-state index contributed by atoms with van der Waals surface area (Å²) in [4.78, 5) is 29.2. The van der Waals surface area contributed by atoms with Crippen molar-refractivity contribution in [2.75, 3.05) is 18.5 Å². The van der Waals surface area contributed by atoms with Gasteiger partial charge in [-0.1, -0.05) is 6.07 Å². The van der Waals surface area contributed by atoms with Crippen LogP contribution in [0.4, 0.5) is 11.6 Å². The Kier molecular flexibility index (Phi) is 5.89. The highest BCUT2D eigenvalue weighted by Gasteiger charge is 2.17. The molecule has 3 aromatic heterocycles. The average Bonchev–Trinajstić information content (AvgIpc) is 3.28. The number of H-pyrrole nitrogens is 1. The van der Waals surface area contributed by atoms with Crippen molar-refractivity contribution < 1.29 is 9.53 Å². The Morgan fingerprint density at radius 1 is 1.03 bits per heavy atom. The predicted molar refractivity (Wildman–Crippen MR) is 124 cm³/mol. The molecule has 4 heterocycles. The molecular formula is C25H25N5O2. The molecule has 1 aliphatic heterocycles. The van der Waals surface area contributed by atoms with Crippen LogP contribution < -0.4 is 5.32 Å². The first kappa shape index (κ1) is 20.3. The largest absolute Gasteiger partial charge is 0.381 e. The van der Waals surface area contributed by atoms with Crippen molar-refractivity contribution in [3.05, 3.63) is 66.6 Å². The summed E-state index contributed by atoms with van der Waals surface area (Å²) in [5, 5.41) is 4.23. The van der Waals surface area contributed by atoms with E-state index in [4.69, 9.17) is 4.74 Å². The summed E-state index contributed by atoms with van der Waals surface area (Å²) in [6, 6.07) is 15.4. The topological polar surface area (TPSA) is 92.8 Å². The van der Waals surface area contributed by atoms with E-state index in [1.54, 1.807) is 12.4 Å². The van der Waals surface area contributed by atoms with Gasteiger partial charge in [0.25, 0.3) is 0 Å². The van der Waals surface area contributed by atoms with Gasteiger partial charge in [0.05, 0.1) is 17.1 Å². The number of pyridine rings is 1. The van der Waals surface area contributed by atoms with Crippen LogP contribution in [0.3, 0.4) is 0 Å². The Morgan fingerprint density at radius 2 is 1.94 bits per heavy atom. The van der Waals surface area contributed by atoms with Crippen molar-refractivity contribution in [2.45, 2.75) is 25.7 Å². The monoisotopic (exact) mass is 427 g/mol. The third-order valence-electron chi connectivity index (χ3n) is 5.88. The maximum atomic E-state index is 12.7. The molecule has 1 fully saturated rings. The second kappa shape index (κ2) is 9.28. The third-order valence-corrected chi connectivity index (χ3v) is 5.88. The first-order valence-corrected chi connectivity index (χ1v) is 11.0. The minimum Gasteiger partial charge on any atom is -0.381 e. The fourth-order valence-corrected chi connectivity index (χ4v) is 4.07. The van der Waals surface area contributed by atoms with E-state index >= 15 is 0 Å². The summed E-state index contributed by atoms with van der Waals surface area (Å²) in [5.74, 6) is 1.25. The lowest BCUT2D eigenvalue weighted by Crippen LogP contribution is -2.16. The van der Waals surface area contributed by atoms with E-state index in [9.17, 15) is 4.79 Å². The average molecular weight is 428 g/mol. The van der Waals surface area contributed by atoms with Gasteiger partial charge in [0.15, 0.2) is 5.78 Å². The van der Waals surface area contributed by atoms with E-state index in [-0.39, 0.29) is 5.78 Å². The molecule has 0 atom stereocenters. The van der Waals surface area contributed by atoms with Crippen molar-refractivity contribution in [3.8, 4) is 11.4 Å². The Bertz CT molecular complexity index is 1220. The van der Waals surface area contributed by atoms with Crippen LogP contribution in [0, 0.1) is 5.92 Å². The lowest BCUT2D eigenvalue weighted by molar-refractivity contribution is 0.0619. The maximum Gasteiger partial charge on any atom is 0.227 e. The van der Waals surface area contributed by atoms with Gasteiger partial charge in [0, 0.05) is 48.6 Å². The van der Waals surface area contributed by atoms with E-state index in [1.807, 2.05) is 48.5 Å². The number of hydrogen-bond acceptors (Lipinski definition) is 6. The van der Waals surface area contributed by atoms with Crippen LogP contribution in [-0.4, -0.2) is 38.9 Å². The zero-order chi connectivity index (χ0) is 21.8. The lowest BCUT2D eigenvalue weighted by atomic mass is 9.93. The van der Waals surface area contributed by atoms with Crippen LogP contribution in [-0.2, 0) is 4.74 Å². The smallest absolute Gasteiger partial charge is 0.227 e. The number of fused-ring (bicyclic) bond motifs is 1. The molecule has 32 heavy (non-hydrogen) atoms. The molecule has 0 aliphatic carbocycles. The molecule has 2 N–H and O–H groups in total. The van der Waals surface area contributed by atoms with Gasteiger partial charge in [-0.2, -0.15) is 0 Å². The normalized spacial score (nSPS) is 14.5. The van der Waals surface area contributed by atoms with Gasteiger partial charge in [0.1, 0.15) is 0 Å². The molecule has 0 bridgehead atoms. The fraction of sp³-hybridized carbons (Fsp3) is 0.280. The van der Waals surface area contributed by atoms with Crippen LogP contribution in [0.5, 0.6) is 0 Å². The standard InChI is InChI=1S/C25H25N5O2/c31-24(7-4-17-9-13-32-14-10-17)23-16-18-15-19(5-6-20(18)29-23)28-25-27-12-8-22(30-25)21-3-1-2-11-26-21/h1-3,5-6,8,11-12,15-17,29H,4,7,9-10,13-14H2,(H,27,28,30). The number of carbonyl (C=O) groups excluding carboxylic acids is 1. The summed E-state index contributed by atoms with van der Waals surface area (Å²) >= 11 is 0. The molecule has 5 rings (SSSR count). The number of benzene rings is 1. The maximum absolute atomic E-state index is 12.7. The highest BCUT2D eigenvalue weighted by Crippen LogP contribution is 2.25. The van der Waals surface area contributed by atoms with E-state index < -0.39 is 0 Å². The van der Waals surface area contributed by atoms with E-state index in [2.05, 4.69) is 25.3 Å². The Labute approximate surface area is 186 Å². The molecule has 0 spiro atoms. The molecule has 7 nitrogen and oxygen atoms in total. The number of carbonyl (C=O) groups is 1. The van der Waals surface area contributed by atoms with Crippen LogP contribution in [0.2, 0.25) is 0 Å². The van der Waals surface area contributed by atoms with Gasteiger partial charge in [-0.15, -0.1) is 0 Å². The van der Waals surface area contributed by atoms with Crippen molar-refractivity contribution in [3.63, 3.8) is 0 Å². The van der Waals surface area contributed by atoms with Gasteiger partial charge < -0.3 is 15.0 Å². The van der Waals surface area contributed by atoms with Crippen molar-refractivity contribution in [1.82, 2.24) is 19.9 Å². The van der Waals surface area contributed by atoms with Gasteiger partial charge in [-0.25, -0.2) is 9.97 Å². The van der Waals surface area contributed by atoms with Gasteiger partial charge in [-0.3, -0.25) is 9.78 Å². The number of hydrogen-bond donors (Lipinski definition) is 2. The van der Waals surface area contributed by atoms with E-state index in [1.165, 1.54) is 0 Å². The Balaban J connectivity index is 1.28. The van der Waals surface area contributed by atoms with Crippen LogP contribution in [0.25, 0.3) is 22.3 Å². The first-order chi connectivity index (χ1) is 15.7. The molecule has 0 saturated carbocycles. The molecule has 1 saturated heterocycles. The number of anilines is 2. The molecule has 162 valence electrons. The fourth-order valence-electron chi connectivity index (χ4n) is 4.07. The summed E-state index contributed by atoms with van der Waals surface area (Å²) in [6.45, 7) is 1.63. The van der Waals surface area contributed by atoms with E-state index in [0.717, 1.165) is 60.5 Å². The summed E-state index contributed by atoms with van der Waals surface area (Å²) in [7, 11) is 0. The molecule has 0 amide bonds. The third kappa shape index (κ3) is 4.68. The number of Topliss-reactive ketones (excluding diaryl/α,β-unsaturated/α-hetero) is 1. The van der Waals surface area contributed by atoms with Crippen LogP contribution in [0.1, 0.15) is 36.2 Å². The van der Waals surface area contributed by atoms with Crippen LogP contribution in [0.15, 0.2) is 60.9 Å². The van der Waals surface area contributed by atoms with Crippen molar-refractivity contribution in [1.29, 1.82) is 0 Å². The molecule has 0 unspecified atom stereocenters. The Hall–Kier alpha value is -3.58. The minimum atomic E-state index is 0.161. The zero-order valence-electron chi connectivity index (χ0n) is 17.8. The number of rotatable bonds is 7. The zero-order valence-corrected chi connectivity index (χ0v) is 17.8. The second-order valence-electron chi connectivity index (χ2n) is 8.11. The van der Waals surface area contributed by atoms with E-state index in [0.29, 0.717) is 24.0 Å². The number of aromatic amines is 1. The number of nitrogens with zero attached hydrogens (tertiary/aromatic N) is 3. The molecule has 4 aromatic rings. The second-order valence-corrected chi connectivity index (χ2v) is 8.11. The SMILES string of the molecule is O=C(CCC1CCOCC1)c1cc2cc(Nc3nccc(-c4ccccn4)n3)ccc2[nH]1. The highest BCUT2D eigenvalue weighted by molar-refractivity contribution is 6.00. The van der Waals surface area contributed by atoms with Gasteiger partial charge >= 0.3 is 0 Å². The predicted octanol–water partition coefficient (Wildman–Crippen LogP) is 5.15. The summed E-state index contributed by atoms with van der Waals surface area (Å²) in [6.07, 6.45) is 7.05. The van der Waals surface area contributed by atoms with Crippen molar-refractivity contribution in [2.24, 2.45) is 5.92 Å². The molecule has 0 radical (unpaired) electrons. The first-order valence-electron chi connectivity index (χ1n) is 11.0. The van der Waals surface area contributed by atoms with Crippen molar-refractivity contribution >= 4 is 28.3 Å². The summed E-state index contributed by atoms with van der Waals surface area (Å²) < 4.78 is 5.40. The molecular weight excluding hydrogens is 402 g/mol. The lowest BCUT2D eigenvalue weighted by Gasteiger charge is -2.21. The number of ether oxygens (including phenoxy) is 1.